The van der Waals surface area contributed by atoms with E-state index in [0.29, 0.717) is 27.9 Å². The number of benzene rings is 3. The molecule has 28 heavy (non-hydrogen) atoms. The molecule has 0 amide bonds. The van der Waals surface area contributed by atoms with Gasteiger partial charge in [-0.05, 0) is 48.4 Å². The molecule has 0 radical (unpaired) electrons. The van der Waals surface area contributed by atoms with Crippen LogP contribution in [0, 0.1) is 6.92 Å². The van der Waals surface area contributed by atoms with Crippen LogP contribution in [0.5, 0.6) is 5.75 Å². The third kappa shape index (κ3) is 3.39. The number of halogens is 2. The van der Waals surface area contributed by atoms with Crippen molar-refractivity contribution in [2.75, 3.05) is 13.4 Å². The molecule has 4 aromatic rings. The van der Waals surface area contributed by atoms with Gasteiger partial charge in [0.2, 0.25) is 0 Å². The third-order valence-corrected chi connectivity index (χ3v) is 5.17. The van der Waals surface area contributed by atoms with Crippen molar-refractivity contribution in [2.24, 2.45) is 0 Å². The predicted octanol–water partition coefficient (Wildman–Crippen LogP) is 6.44. The van der Waals surface area contributed by atoms with Crippen LogP contribution in [0.3, 0.4) is 0 Å². The van der Waals surface area contributed by atoms with Gasteiger partial charge in [0.1, 0.15) is 12.1 Å². The molecule has 0 saturated heterocycles. The van der Waals surface area contributed by atoms with Crippen molar-refractivity contribution in [1.82, 2.24) is 9.97 Å². The molecule has 0 spiro atoms. The minimum absolute atomic E-state index is 0.158. The molecule has 0 atom stereocenters. The van der Waals surface area contributed by atoms with E-state index in [0.717, 1.165) is 33.0 Å². The summed E-state index contributed by atoms with van der Waals surface area (Å²) in [7, 11) is 0. The first-order valence-electron chi connectivity index (χ1n) is 8.93. The average Bonchev–Trinajstić information content (AvgIpc) is 2.69. The first-order chi connectivity index (χ1) is 13.6. The van der Waals surface area contributed by atoms with Crippen LogP contribution in [0.1, 0.15) is 12.5 Å². The van der Waals surface area contributed by atoms with Crippen molar-refractivity contribution in [2.45, 2.75) is 13.8 Å². The van der Waals surface area contributed by atoms with Gasteiger partial charge in [-0.2, -0.15) is 0 Å². The van der Waals surface area contributed by atoms with E-state index < -0.39 is 0 Å². The van der Waals surface area contributed by atoms with Crippen LogP contribution in [0.4, 0.5) is 0 Å². The van der Waals surface area contributed by atoms with E-state index in [1.807, 2.05) is 26.0 Å². The second-order valence-electron chi connectivity index (χ2n) is 6.36. The highest BCUT2D eigenvalue weighted by Gasteiger charge is 2.19. The molecule has 6 heteroatoms. The molecule has 1 aromatic heterocycles. The minimum atomic E-state index is 0.158. The lowest BCUT2D eigenvalue weighted by Gasteiger charge is -2.17. The van der Waals surface area contributed by atoms with Crippen LogP contribution in [-0.2, 0) is 4.74 Å². The largest absolute Gasteiger partial charge is 0.467 e. The number of aryl methyl sites for hydroxylation is 1. The number of aromatic nitrogens is 2. The first kappa shape index (κ1) is 18.9. The fourth-order valence-electron chi connectivity index (χ4n) is 3.37. The van der Waals surface area contributed by atoms with Crippen LogP contribution in [0.15, 0.2) is 48.8 Å². The van der Waals surface area contributed by atoms with Gasteiger partial charge < -0.3 is 9.47 Å². The normalized spacial score (nSPS) is 11.3. The lowest BCUT2D eigenvalue weighted by Crippen LogP contribution is -2.05. The molecule has 0 saturated carbocycles. The van der Waals surface area contributed by atoms with Crippen molar-refractivity contribution in [3.05, 3.63) is 64.4 Å². The van der Waals surface area contributed by atoms with Gasteiger partial charge in [0.25, 0.3) is 0 Å². The summed E-state index contributed by atoms with van der Waals surface area (Å²) >= 11 is 12.7. The molecule has 4 rings (SSSR count). The predicted molar refractivity (Wildman–Crippen MR) is 114 cm³/mol. The highest BCUT2D eigenvalue weighted by molar-refractivity contribution is 6.39. The van der Waals surface area contributed by atoms with Crippen LogP contribution in [0.2, 0.25) is 10.0 Å². The molecule has 142 valence electrons. The summed E-state index contributed by atoms with van der Waals surface area (Å²) < 4.78 is 11.5. The van der Waals surface area contributed by atoms with Gasteiger partial charge in [-0.1, -0.05) is 47.5 Å². The maximum absolute atomic E-state index is 6.52. The van der Waals surface area contributed by atoms with Crippen LogP contribution < -0.4 is 4.74 Å². The number of hydrogen-bond acceptors (Lipinski definition) is 4. The van der Waals surface area contributed by atoms with E-state index in [9.17, 15) is 0 Å². The monoisotopic (exact) mass is 412 g/mol. The molecule has 3 aromatic carbocycles. The average molecular weight is 413 g/mol. The van der Waals surface area contributed by atoms with Crippen LogP contribution >= 0.6 is 23.2 Å². The topological polar surface area (TPSA) is 44.2 Å². The van der Waals surface area contributed by atoms with Gasteiger partial charge in [-0.3, -0.25) is 0 Å². The molecule has 1 heterocycles. The highest BCUT2D eigenvalue weighted by atomic mass is 35.5. The molecule has 0 aliphatic rings. The van der Waals surface area contributed by atoms with E-state index in [2.05, 4.69) is 28.2 Å². The number of rotatable bonds is 5. The Morgan fingerprint density at radius 1 is 1.04 bits per heavy atom. The molecular formula is C22H18Cl2N2O2. The van der Waals surface area contributed by atoms with Crippen molar-refractivity contribution in [3.63, 3.8) is 0 Å². The highest BCUT2D eigenvalue weighted by Crippen LogP contribution is 2.41. The maximum atomic E-state index is 6.52. The number of hydrogen-bond donors (Lipinski definition) is 0. The SMILES string of the molecule is CCOCOc1c(-c2ncnc3cc(Cl)cc(Cl)c23)cc2ccccc2c1C. The number of fused-ring (bicyclic) bond motifs is 2. The standard InChI is InChI=1S/C22H18Cl2N2O2/c1-3-27-12-28-22-13(2)16-7-5-4-6-14(16)8-17(22)21-20-18(24)9-15(23)10-19(20)25-11-26-21/h4-11H,3,12H2,1-2H3. The van der Waals surface area contributed by atoms with E-state index in [1.165, 1.54) is 6.33 Å². The molecule has 0 unspecified atom stereocenters. The van der Waals surface area contributed by atoms with Crippen LogP contribution in [0.25, 0.3) is 32.9 Å². The summed E-state index contributed by atoms with van der Waals surface area (Å²) in [5, 5.41) is 3.98. The third-order valence-electron chi connectivity index (χ3n) is 4.65. The molecule has 0 aliphatic carbocycles. The number of nitrogens with zero attached hydrogens (tertiary/aromatic N) is 2. The summed E-state index contributed by atoms with van der Waals surface area (Å²) in [6, 6.07) is 13.7. The Bertz CT molecular complexity index is 1180. The Labute approximate surface area is 173 Å². The Morgan fingerprint density at radius 2 is 1.86 bits per heavy atom. The van der Waals surface area contributed by atoms with E-state index >= 15 is 0 Å². The lowest BCUT2D eigenvalue weighted by molar-refractivity contribution is 0.0224. The van der Waals surface area contributed by atoms with Crippen molar-refractivity contribution >= 4 is 44.9 Å². The van der Waals surface area contributed by atoms with E-state index in [4.69, 9.17) is 32.7 Å². The van der Waals surface area contributed by atoms with Gasteiger partial charge in [0.05, 0.1) is 16.2 Å². The van der Waals surface area contributed by atoms with Gasteiger partial charge in [0.15, 0.2) is 6.79 Å². The van der Waals surface area contributed by atoms with Gasteiger partial charge in [0, 0.05) is 22.6 Å². The molecule has 0 bridgehead atoms. The Balaban J connectivity index is 2.02. The number of ether oxygens (including phenoxy) is 2. The Kier molecular flexibility index (Phi) is 5.36. The summed E-state index contributed by atoms with van der Waals surface area (Å²) in [5.74, 6) is 0.721. The molecule has 0 fully saturated rings. The molecule has 0 aliphatic heterocycles. The fourth-order valence-corrected chi connectivity index (χ4v) is 3.94. The van der Waals surface area contributed by atoms with Gasteiger partial charge >= 0.3 is 0 Å². The molecular weight excluding hydrogens is 395 g/mol. The molecule has 0 N–H and O–H groups in total. The lowest BCUT2D eigenvalue weighted by atomic mass is 9.96. The smallest absolute Gasteiger partial charge is 0.189 e. The van der Waals surface area contributed by atoms with Crippen molar-refractivity contribution < 1.29 is 9.47 Å². The summed E-state index contributed by atoms with van der Waals surface area (Å²) in [6.07, 6.45) is 1.52. The Morgan fingerprint density at radius 3 is 2.68 bits per heavy atom. The van der Waals surface area contributed by atoms with Crippen LogP contribution in [-0.4, -0.2) is 23.4 Å². The zero-order chi connectivity index (χ0) is 19.7. The van der Waals surface area contributed by atoms with Gasteiger partial charge in [-0.25, -0.2) is 9.97 Å². The zero-order valence-corrected chi connectivity index (χ0v) is 17.0. The summed E-state index contributed by atoms with van der Waals surface area (Å²) in [6.45, 7) is 4.70. The second-order valence-corrected chi connectivity index (χ2v) is 7.20. The molecule has 4 nitrogen and oxygen atoms in total. The minimum Gasteiger partial charge on any atom is -0.467 e. The van der Waals surface area contributed by atoms with E-state index in [1.54, 1.807) is 12.1 Å². The zero-order valence-electron chi connectivity index (χ0n) is 15.5. The van der Waals surface area contributed by atoms with Gasteiger partial charge in [-0.15, -0.1) is 0 Å². The summed E-state index contributed by atoms with van der Waals surface area (Å²) in [5.41, 5.74) is 3.24. The second kappa shape index (κ2) is 7.92. The Hall–Kier alpha value is -2.40. The summed E-state index contributed by atoms with van der Waals surface area (Å²) in [4.78, 5) is 8.88. The van der Waals surface area contributed by atoms with E-state index in [-0.39, 0.29) is 6.79 Å². The van der Waals surface area contributed by atoms with Crippen molar-refractivity contribution in [1.29, 1.82) is 0 Å². The van der Waals surface area contributed by atoms with Crippen molar-refractivity contribution in [3.8, 4) is 17.0 Å². The fraction of sp³-hybridized carbons (Fsp3) is 0.182. The maximum Gasteiger partial charge on any atom is 0.189 e. The first-order valence-corrected chi connectivity index (χ1v) is 9.68. The quantitative estimate of drug-likeness (QED) is 0.279.